The molecule has 0 radical (unpaired) electrons. The molecule has 1 aliphatic rings. The molecule has 0 bridgehead atoms. The van der Waals surface area contributed by atoms with Crippen molar-refractivity contribution in [3.8, 4) is 55.6 Å². The zero-order valence-electron chi connectivity index (χ0n) is 36.6. The van der Waals surface area contributed by atoms with E-state index >= 15 is 0 Å². The highest BCUT2D eigenvalue weighted by Crippen LogP contribution is 2.55. The molecular weight excluding hydrogens is 803 g/mol. The number of furan rings is 2. The maximum absolute atomic E-state index is 6.49. The summed E-state index contributed by atoms with van der Waals surface area (Å²) in [5.74, 6) is 0. The highest BCUT2D eigenvalue weighted by molar-refractivity contribution is 6.11. The quantitative estimate of drug-likeness (QED) is 0.160. The highest BCUT2D eigenvalue weighted by Gasteiger charge is 2.39. The van der Waals surface area contributed by atoms with Gasteiger partial charge < -0.3 is 13.7 Å². The van der Waals surface area contributed by atoms with Crippen molar-refractivity contribution >= 4 is 60.9 Å². The van der Waals surface area contributed by atoms with Gasteiger partial charge in [-0.15, -0.1) is 0 Å². The summed E-state index contributed by atoms with van der Waals surface area (Å²) >= 11 is 0. The van der Waals surface area contributed by atoms with Crippen LogP contribution in [0, 0.1) is 0 Å². The van der Waals surface area contributed by atoms with Crippen LogP contribution in [0.4, 0.5) is 17.1 Å². The molecule has 3 heteroatoms. The molecule has 12 aromatic rings. The van der Waals surface area contributed by atoms with Crippen LogP contribution in [-0.4, -0.2) is 0 Å². The van der Waals surface area contributed by atoms with Gasteiger partial charge in [-0.3, -0.25) is 0 Å². The second-order valence-corrected chi connectivity index (χ2v) is 18.0. The van der Waals surface area contributed by atoms with Gasteiger partial charge in [0.1, 0.15) is 22.3 Å². The van der Waals surface area contributed by atoms with E-state index in [4.69, 9.17) is 8.83 Å². The molecule has 2 heterocycles. The maximum Gasteiger partial charge on any atom is 0.143 e. The molecule has 2 aromatic heterocycles. The van der Waals surface area contributed by atoms with E-state index in [0.717, 1.165) is 83.2 Å². The van der Waals surface area contributed by atoms with E-state index in [1.54, 1.807) is 0 Å². The standard InChI is InChI=1S/C63H43NO2/c1-63(2)57-39-47(35-36-50(57)56-38-44(40-15-5-3-6-16-40)37-55(60(56)63)41-17-7-4-8-18-41)64(45-31-27-42(28-32-45)48-21-13-23-53-51-19-9-11-25-58(51)65-61(48)53)46-33-29-43(30-34-46)49-22-14-24-54-52-20-10-12-26-59(52)66-62(49)54/h3-39H,1-2H3. The van der Waals surface area contributed by atoms with Crippen molar-refractivity contribution in [2.45, 2.75) is 19.3 Å². The molecule has 66 heavy (non-hydrogen) atoms. The van der Waals surface area contributed by atoms with Gasteiger partial charge in [0.15, 0.2) is 0 Å². The molecule has 3 nitrogen and oxygen atoms in total. The van der Waals surface area contributed by atoms with Crippen molar-refractivity contribution in [2.75, 3.05) is 4.90 Å². The Kier molecular flexibility index (Phi) is 8.56. The van der Waals surface area contributed by atoms with Gasteiger partial charge in [0.2, 0.25) is 0 Å². The third kappa shape index (κ3) is 5.97. The maximum atomic E-state index is 6.49. The van der Waals surface area contributed by atoms with E-state index < -0.39 is 0 Å². The second-order valence-electron chi connectivity index (χ2n) is 18.0. The summed E-state index contributed by atoms with van der Waals surface area (Å²) in [5, 5.41) is 4.51. The van der Waals surface area contributed by atoms with E-state index in [1.807, 2.05) is 24.3 Å². The molecule has 0 spiro atoms. The number of anilines is 3. The summed E-state index contributed by atoms with van der Waals surface area (Å²) in [6, 6.07) is 80.8. The Labute approximate surface area is 383 Å². The summed E-state index contributed by atoms with van der Waals surface area (Å²) in [7, 11) is 0. The van der Waals surface area contributed by atoms with Gasteiger partial charge in [-0.1, -0.05) is 178 Å². The number of fused-ring (bicyclic) bond motifs is 9. The van der Waals surface area contributed by atoms with E-state index in [-0.39, 0.29) is 5.41 Å². The predicted octanol–water partition coefficient (Wildman–Crippen LogP) is 17.9. The number of benzene rings is 10. The smallest absolute Gasteiger partial charge is 0.143 e. The molecule has 0 atom stereocenters. The highest BCUT2D eigenvalue weighted by atomic mass is 16.3. The van der Waals surface area contributed by atoms with Crippen LogP contribution in [0.25, 0.3) is 99.5 Å². The fraction of sp³-hybridized carbons (Fsp3) is 0.0476. The molecule has 312 valence electrons. The summed E-state index contributed by atoms with van der Waals surface area (Å²) in [5.41, 5.74) is 21.1. The second kappa shape index (κ2) is 14.8. The van der Waals surface area contributed by atoms with Crippen molar-refractivity contribution in [2.24, 2.45) is 0 Å². The van der Waals surface area contributed by atoms with Crippen LogP contribution < -0.4 is 4.90 Å². The van der Waals surface area contributed by atoms with Gasteiger partial charge in [-0.25, -0.2) is 0 Å². The van der Waals surface area contributed by atoms with Gasteiger partial charge in [-0.05, 0) is 116 Å². The van der Waals surface area contributed by atoms with E-state index in [2.05, 4.69) is 219 Å². The van der Waals surface area contributed by atoms with Crippen LogP contribution in [-0.2, 0) is 5.41 Å². The lowest BCUT2D eigenvalue weighted by Gasteiger charge is -2.29. The van der Waals surface area contributed by atoms with Crippen LogP contribution in [0.3, 0.4) is 0 Å². The third-order valence-corrected chi connectivity index (χ3v) is 13.9. The Bertz CT molecular complexity index is 3660. The molecule has 0 N–H and O–H groups in total. The lowest BCUT2D eigenvalue weighted by Crippen LogP contribution is -2.17. The lowest BCUT2D eigenvalue weighted by molar-refractivity contribution is 0.662. The van der Waals surface area contributed by atoms with Crippen molar-refractivity contribution in [3.63, 3.8) is 0 Å². The predicted molar refractivity (Wildman–Crippen MR) is 275 cm³/mol. The fourth-order valence-electron chi connectivity index (χ4n) is 10.7. The van der Waals surface area contributed by atoms with Gasteiger partial charge in [0.05, 0.1) is 0 Å². The van der Waals surface area contributed by atoms with Crippen molar-refractivity contribution < 1.29 is 8.83 Å². The first-order valence-corrected chi connectivity index (χ1v) is 22.7. The number of nitrogens with zero attached hydrogens (tertiary/aromatic N) is 1. The summed E-state index contributed by atoms with van der Waals surface area (Å²) in [6.07, 6.45) is 0. The van der Waals surface area contributed by atoms with Gasteiger partial charge in [-0.2, -0.15) is 0 Å². The third-order valence-electron chi connectivity index (χ3n) is 13.9. The van der Waals surface area contributed by atoms with E-state index in [1.165, 1.54) is 44.5 Å². The van der Waals surface area contributed by atoms with Crippen LogP contribution in [0.1, 0.15) is 25.0 Å². The van der Waals surface area contributed by atoms with Crippen LogP contribution in [0.15, 0.2) is 233 Å². The Morgan fingerprint density at radius 1 is 0.318 bits per heavy atom. The fourth-order valence-corrected chi connectivity index (χ4v) is 10.7. The minimum atomic E-state index is -0.281. The molecule has 0 aliphatic heterocycles. The normalized spacial score (nSPS) is 12.8. The van der Waals surface area contributed by atoms with Crippen LogP contribution in [0.2, 0.25) is 0 Å². The van der Waals surface area contributed by atoms with E-state index in [9.17, 15) is 0 Å². The average Bonchev–Trinajstić information content (AvgIpc) is 4.02. The molecule has 0 saturated carbocycles. The first kappa shape index (κ1) is 38.1. The average molecular weight is 846 g/mol. The zero-order valence-corrected chi connectivity index (χ0v) is 36.6. The Morgan fingerprint density at radius 2 is 0.773 bits per heavy atom. The van der Waals surface area contributed by atoms with Crippen LogP contribution in [0.5, 0.6) is 0 Å². The molecule has 10 aromatic carbocycles. The molecule has 1 aliphatic carbocycles. The topological polar surface area (TPSA) is 29.5 Å². The monoisotopic (exact) mass is 845 g/mol. The van der Waals surface area contributed by atoms with Crippen molar-refractivity contribution in [1.29, 1.82) is 0 Å². The number of rotatable bonds is 7. The Morgan fingerprint density at radius 3 is 1.33 bits per heavy atom. The largest absolute Gasteiger partial charge is 0.455 e. The molecule has 13 rings (SSSR count). The SMILES string of the molecule is CC1(C)c2cc(N(c3ccc(-c4cccc5c4oc4ccccc45)cc3)c3ccc(-c4cccc5c4oc4ccccc45)cc3)ccc2-c2cc(-c3ccccc3)cc(-c3ccccc3)c21. The lowest BCUT2D eigenvalue weighted by atomic mass is 9.78. The summed E-state index contributed by atoms with van der Waals surface area (Å²) in [4.78, 5) is 2.39. The zero-order chi connectivity index (χ0) is 43.9. The van der Waals surface area contributed by atoms with Crippen molar-refractivity contribution in [1.82, 2.24) is 0 Å². The van der Waals surface area contributed by atoms with Gasteiger partial charge in [0.25, 0.3) is 0 Å². The molecule has 0 fully saturated rings. The minimum absolute atomic E-state index is 0.281. The molecule has 0 saturated heterocycles. The molecular formula is C63H43NO2. The summed E-state index contributed by atoms with van der Waals surface area (Å²) < 4.78 is 13.0. The van der Waals surface area contributed by atoms with Gasteiger partial charge >= 0.3 is 0 Å². The van der Waals surface area contributed by atoms with Gasteiger partial charge in [0, 0.05) is 55.1 Å². The summed E-state index contributed by atoms with van der Waals surface area (Å²) in [6.45, 7) is 4.78. The molecule has 0 unspecified atom stereocenters. The molecule has 0 amide bonds. The Hall–Kier alpha value is -8.40. The number of para-hydroxylation sites is 4. The van der Waals surface area contributed by atoms with E-state index in [0.29, 0.717) is 0 Å². The Balaban J connectivity index is 0.957. The number of hydrogen-bond acceptors (Lipinski definition) is 3. The van der Waals surface area contributed by atoms with Crippen LogP contribution >= 0.6 is 0 Å². The minimum Gasteiger partial charge on any atom is -0.455 e. The van der Waals surface area contributed by atoms with Crippen molar-refractivity contribution in [3.05, 3.63) is 236 Å². The number of hydrogen-bond donors (Lipinski definition) is 0. The first-order chi connectivity index (χ1) is 32.5. The first-order valence-electron chi connectivity index (χ1n) is 22.7.